The molecule has 13 heavy (non-hydrogen) atoms. The molecule has 0 spiro atoms. The van der Waals surface area contributed by atoms with Crippen molar-refractivity contribution in [2.24, 2.45) is 0 Å². The Morgan fingerprint density at radius 1 is 1.23 bits per heavy atom. The number of sulfone groups is 1. The zero-order valence-electron chi connectivity index (χ0n) is 6.87. The molecular formula is C8H8I2O2S. The Morgan fingerprint density at radius 3 is 2.23 bits per heavy atom. The van der Waals surface area contributed by atoms with Crippen molar-refractivity contribution in [3.05, 3.63) is 29.8 Å². The van der Waals surface area contributed by atoms with E-state index in [1.807, 2.05) is 64.2 Å². The maximum absolute atomic E-state index is 11.7. The molecule has 0 aliphatic carbocycles. The summed E-state index contributed by atoms with van der Waals surface area (Å²) in [6, 6.07) is 7.04. The van der Waals surface area contributed by atoms with E-state index in [9.17, 15) is 8.42 Å². The van der Waals surface area contributed by atoms with E-state index in [1.54, 1.807) is 12.1 Å². The predicted octanol–water partition coefficient (Wildman–Crippen LogP) is 2.92. The summed E-state index contributed by atoms with van der Waals surface area (Å²) in [4.78, 5) is 0.434. The van der Waals surface area contributed by atoms with Gasteiger partial charge in [-0.1, -0.05) is 63.4 Å². The number of halogens is 2. The topological polar surface area (TPSA) is 34.1 Å². The normalized spacial score (nSPS) is 12.0. The molecule has 2 nitrogen and oxygen atoms in total. The fraction of sp³-hybridized carbons (Fsp3) is 0.250. The Hall–Kier alpha value is 0.630. The molecule has 0 fully saturated rings. The van der Waals surface area contributed by atoms with Crippen LogP contribution in [0.5, 0.6) is 0 Å². The highest BCUT2D eigenvalue weighted by molar-refractivity contribution is 14.2. The average Bonchev–Trinajstić information content (AvgIpc) is 2.04. The zero-order chi connectivity index (χ0) is 10.1. The van der Waals surface area contributed by atoms with E-state index in [2.05, 4.69) is 0 Å². The van der Waals surface area contributed by atoms with Crippen LogP contribution in [0.25, 0.3) is 0 Å². The van der Waals surface area contributed by atoms with Crippen LogP contribution in [0.2, 0.25) is 0 Å². The van der Waals surface area contributed by atoms with E-state index < -0.39 is 11.1 Å². The fourth-order valence-corrected chi connectivity index (χ4v) is 3.59. The molecule has 1 aromatic rings. The summed E-state index contributed by atoms with van der Waals surface area (Å²) < 4.78 is 23.1. The van der Waals surface area contributed by atoms with Crippen LogP contribution in [-0.4, -0.2) is 9.68 Å². The molecule has 0 saturated heterocycles. The van der Waals surface area contributed by atoms with Gasteiger partial charge in [-0.2, -0.15) is 0 Å². The molecule has 1 aromatic carbocycles. The number of rotatable bonds is 2. The second-order valence-corrected chi connectivity index (χ2v) is 11.1. The molecule has 0 N–H and O–H groups in total. The largest absolute Gasteiger partial charge is 0.222 e. The molecule has 0 atom stereocenters. The van der Waals surface area contributed by atoms with Crippen LogP contribution in [0.4, 0.5) is 0 Å². The lowest BCUT2D eigenvalue weighted by Crippen LogP contribution is -2.09. The van der Waals surface area contributed by atoms with Crippen LogP contribution in [0.3, 0.4) is 0 Å². The van der Waals surface area contributed by atoms with E-state index in [0.29, 0.717) is 4.90 Å². The molecule has 0 radical (unpaired) electrons. The van der Waals surface area contributed by atoms with Crippen molar-refractivity contribution in [1.82, 2.24) is 0 Å². The van der Waals surface area contributed by atoms with Gasteiger partial charge in [0.1, 0.15) is 0 Å². The molecule has 0 aromatic heterocycles. The smallest absolute Gasteiger partial charge is 0.199 e. The van der Waals surface area contributed by atoms with Gasteiger partial charge in [0, 0.05) is 0 Å². The number of hydrogen-bond donors (Lipinski definition) is 0. The SMILES string of the molecule is Cc1ccccc1S(=O)(=O)C(I)I. The minimum atomic E-state index is -3.13. The minimum Gasteiger partial charge on any atom is -0.222 e. The molecule has 0 aliphatic heterocycles. The Bertz CT molecular complexity index is 398. The Labute approximate surface area is 105 Å². The first kappa shape index (κ1) is 11.7. The molecule has 72 valence electrons. The maximum atomic E-state index is 11.7. The molecule has 0 unspecified atom stereocenters. The van der Waals surface area contributed by atoms with Crippen molar-refractivity contribution >= 4 is 55.0 Å². The van der Waals surface area contributed by atoms with Crippen molar-refractivity contribution in [3.63, 3.8) is 0 Å². The van der Waals surface area contributed by atoms with Gasteiger partial charge >= 0.3 is 0 Å². The molecule has 0 amide bonds. The molecule has 5 heteroatoms. The lowest BCUT2D eigenvalue weighted by molar-refractivity contribution is 0.600. The summed E-state index contributed by atoms with van der Waals surface area (Å²) in [5.74, 6) is 0. The Kier molecular flexibility index (Phi) is 3.99. The first-order valence-electron chi connectivity index (χ1n) is 3.54. The first-order valence-corrected chi connectivity index (χ1v) is 7.57. The fourth-order valence-electron chi connectivity index (χ4n) is 0.972. The number of hydrogen-bond acceptors (Lipinski definition) is 2. The van der Waals surface area contributed by atoms with Gasteiger partial charge in [0.25, 0.3) is 0 Å². The van der Waals surface area contributed by atoms with Crippen LogP contribution < -0.4 is 0 Å². The van der Waals surface area contributed by atoms with Crippen molar-refractivity contribution in [2.75, 3.05) is 0 Å². The van der Waals surface area contributed by atoms with Gasteiger partial charge in [-0.3, -0.25) is 0 Å². The van der Waals surface area contributed by atoms with Crippen LogP contribution in [0.1, 0.15) is 5.56 Å². The van der Waals surface area contributed by atoms with Crippen LogP contribution in [0, 0.1) is 6.92 Å². The average molecular weight is 422 g/mol. The molecule has 0 aliphatic rings. The third kappa shape index (κ3) is 2.56. The van der Waals surface area contributed by atoms with Crippen molar-refractivity contribution in [2.45, 2.75) is 13.1 Å². The van der Waals surface area contributed by atoms with Gasteiger partial charge in [-0.05, 0) is 18.6 Å². The lowest BCUT2D eigenvalue weighted by Gasteiger charge is -2.07. The van der Waals surface area contributed by atoms with Gasteiger partial charge in [0.2, 0.25) is 0 Å². The van der Waals surface area contributed by atoms with Gasteiger partial charge in [-0.15, -0.1) is 0 Å². The summed E-state index contributed by atoms with van der Waals surface area (Å²) in [5.41, 5.74) is 0.806. The highest BCUT2D eigenvalue weighted by atomic mass is 127. The second-order valence-electron chi connectivity index (χ2n) is 2.57. The molecule has 0 bridgehead atoms. The van der Waals surface area contributed by atoms with Crippen molar-refractivity contribution < 1.29 is 8.42 Å². The Morgan fingerprint density at radius 2 is 1.77 bits per heavy atom. The van der Waals surface area contributed by atoms with Crippen LogP contribution in [-0.2, 0) is 9.84 Å². The van der Waals surface area contributed by atoms with Gasteiger partial charge in [0.05, 0.1) is 4.90 Å². The number of alkyl halides is 2. The van der Waals surface area contributed by atoms with Crippen molar-refractivity contribution in [3.8, 4) is 0 Å². The first-order chi connectivity index (χ1) is 5.96. The van der Waals surface area contributed by atoms with E-state index in [-0.39, 0.29) is 0 Å². The van der Waals surface area contributed by atoms with Crippen LogP contribution in [0.15, 0.2) is 29.2 Å². The van der Waals surface area contributed by atoms with E-state index >= 15 is 0 Å². The number of benzene rings is 1. The lowest BCUT2D eigenvalue weighted by atomic mass is 10.2. The quantitative estimate of drug-likeness (QED) is 0.543. The van der Waals surface area contributed by atoms with E-state index in [1.165, 1.54) is 0 Å². The van der Waals surface area contributed by atoms with Gasteiger partial charge in [-0.25, -0.2) is 8.42 Å². The van der Waals surface area contributed by atoms with Gasteiger partial charge in [0.15, 0.2) is 11.1 Å². The second kappa shape index (κ2) is 4.43. The van der Waals surface area contributed by atoms with E-state index in [0.717, 1.165) is 5.56 Å². The van der Waals surface area contributed by atoms with Gasteiger partial charge < -0.3 is 0 Å². The summed E-state index contributed by atoms with van der Waals surface area (Å²) in [7, 11) is -3.13. The highest BCUT2D eigenvalue weighted by Gasteiger charge is 2.23. The standard InChI is InChI=1S/C8H8I2O2S/c1-6-4-2-3-5-7(6)13(11,12)8(9)10/h2-5,8H,1H3. The molecule has 0 heterocycles. The summed E-state index contributed by atoms with van der Waals surface area (Å²) in [6.45, 7) is 1.81. The van der Waals surface area contributed by atoms with Crippen LogP contribution >= 0.6 is 45.2 Å². The summed E-state index contributed by atoms with van der Waals surface area (Å²) in [5, 5.41) is 0. The maximum Gasteiger partial charge on any atom is 0.199 e. The zero-order valence-corrected chi connectivity index (χ0v) is 12.0. The summed E-state index contributed by atoms with van der Waals surface area (Å²) in [6.07, 6.45) is 0. The summed E-state index contributed by atoms with van der Waals surface area (Å²) >= 11 is 3.81. The number of aryl methyl sites for hydroxylation is 1. The highest BCUT2D eigenvalue weighted by Crippen LogP contribution is 2.27. The van der Waals surface area contributed by atoms with E-state index in [4.69, 9.17) is 0 Å². The molecule has 1 rings (SSSR count). The minimum absolute atomic E-state index is 0.413. The third-order valence-electron chi connectivity index (χ3n) is 1.63. The Balaban J connectivity index is 3.32. The monoisotopic (exact) mass is 422 g/mol. The molecular weight excluding hydrogens is 414 g/mol. The molecule has 0 saturated carbocycles. The predicted molar refractivity (Wildman–Crippen MR) is 70.2 cm³/mol. The third-order valence-corrected chi connectivity index (χ3v) is 7.19. The van der Waals surface area contributed by atoms with Crippen molar-refractivity contribution in [1.29, 1.82) is 0 Å².